The van der Waals surface area contributed by atoms with Crippen molar-refractivity contribution in [2.24, 2.45) is 0 Å². The van der Waals surface area contributed by atoms with E-state index < -0.39 is 36.0 Å². The number of hydrogen-bond donors (Lipinski definition) is 2. The minimum Gasteiger partial charge on any atom is -0.508 e. The Morgan fingerprint density at radius 1 is 1.07 bits per heavy atom. The quantitative estimate of drug-likeness (QED) is 0.329. The Morgan fingerprint density at radius 2 is 1.80 bits per heavy atom. The molecule has 2 amide bonds. The second-order valence-corrected chi connectivity index (χ2v) is 9.27. The van der Waals surface area contributed by atoms with E-state index in [1.165, 1.54) is 71.6 Å². The Hall–Kier alpha value is -4.71. The van der Waals surface area contributed by atoms with Gasteiger partial charge in [0.2, 0.25) is 11.7 Å². The van der Waals surface area contributed by atoms with Gasteiger partial charge in [-0.1, -0.05) is 18.2 Å². The highest BCUT2D eigenvalue weighted by Gasteiger charge is 2.34. The van der Waals surface area contributed by atoms with Crippen LogP contribution in [0.2, 0.25) is 0 Å². The summed E-state index contributed by atoms with van der Waals surface area (Å²) in [6, 6.07) is 15.4. The number of phenols is 1. The van der Waals surface area contributed by atoms with Crippen molar-refractivity contribution in [2.45, 2.75) is 31.5 Å². The minimum absolute atomic E-state index is 0.120. The van der Waals surface area contributed by atoms with Crippen molar-refractivity contribution in [1.29, 1.82) is 0 Å². The van der Waals surface area contributed by atoms with Gasteiger partial charge in [0.1, 0.15) is 30.0 Å². The first-order valence-corrected chi connectivity index (χ1v) is 12.7. The highest BCUT2D eigenvalue weighted by molar-refractivity contribution is 6.01. The van der Waals surface area contributed by atoms with E-state index in [1.807, 2.05) is 0 Å². The number of nitrogens with zero attached hydrogens (tertiary/aromatic N) is 5. The van der Waals surface area contributed by atoms with Gasteiger partial charge in [-0.3, -0.25) is 14.5 Å². The van der Waals surface area contributed by atoms with Gasteiger partial charge in [-0.25, -0.2) is 8.78 Å². The van der Waals surface area contributed by atoms with E-state index in [0.29, 0.717) is 17.7 Å². The molecule has 0 bridgehead atoms. The molecule has 5 rings (SSSR count). The molecule has 2 heterocycles. The van der Waals surface area contributed by atoms with Crippen molar-refractivity contribution >= 4 is 17.5 Å². The Bertz CT molecular complexity index is 1470. The number of halogens is 2. The van der Waals surface area contributed by atoms with Crippen LogP contribution in [0.4, 0.5) is 14.5 Å². The number of anilines is 1. The number of aromatic nitrogens is 4. The minimum atomic E-state index is -1.23. The normalized spacial score (nSPS) is 15.5. The van der Waals surface area contributed by atoms with Crippen LogP contribution in [-0.2, 0) is 20.9 Å². The number of benzene rings is 3. The zero-order valence-corrected chi connectivity index (χ0v) is 21.3. The van der Waals surface area contributed by atoms with Crippen molar-refractivity contribution in [3.63, 3.8) is 0 Å². The molecule has 1 aliphatic rings. The summed E-state index contributed by atoms with van der Waals surface area (Å²) in [6.45, 7) is 0.436. The fourth-order valence-corrected chi connectivity index (χ4v) is 4.48. The van der Waals surface area contributed by atoms with Gasteiger partial charge in [0.05, 0.1) is 6.10 Å². The lowest BCUT2D eigenvalue weighted by Crippen LogP contribution is -2.46. The number of tetrazole rings is 1. The molecule has 10 nitrogen and oxygen atoms in total. The fraction of sp³-hybridized carbons (Fsp3) is 0.250. The number of carbonyl (C=O) groups is 2. The smallest absolute Gasteiger partial charge is 0.251 e. The standard InChI is InChI=1S/C28H26F2N6O4/c29-20-10-6-18(7-11-20)26(28(39)31-16-24-5-2-14-40-24)36(22-3-1-4-23(37)15-22)25(38)17-35-33-27(32-34-35)19-8-12-21(30)13-9-19/h1,3-4,6-13,15,24,26,37H,2,5,14,16-17H2,(H,31,39)/t24-,26+/m1/s1. The van der Waals surface area contributed by atoms with Crippen molar-refractivity contribution < 1.29 is 28.2 Å². The van der Waals surface area contributed by atoms with Crippen LogP contribution >= 0.6 is 0 Å². The summed E-state index contributed by atoms with van der Waals surface area (Å²) in [5, 5.41) is 25.2. The topological polar surface area (TPSA) is 122 Å². The largest absolute Gasteiger partial charge is 0.508 e. The molecule has 40 heavy (non-hydrogen) atoms. The second-order valence-electron chi connectivity index (χ2n) is 9.27. The number of rotatable bonds is 9. The molecule has 0 spiro atoms. The second kappa shape index (κ2) is 12.0. The molecule has 3 aromatic carbocycles. The molecule has 4 aromatic rings. The van der Waals surface area contributed by atoms with Crippen LogP contribution in [0, 0.1) is 11.6 Å². The lowest BCUT2D eigenvalue weighted by molar-refractivity contribution is -0.127. The Balaban J connectivity index is 1.48. The monoisotopic (exact) mass is 548 g/mol. The Labute approximate surface area is 228 Å². The van der Waals surface area contributed by atoms with E-state index in [9.17, 15) is 23.5 Å². The third-order valence-electron chi connectivity index (χ3n) is 6.43. The summed E-state index contributed by atoms with van der Waals surface area (Å²) < 4.78 is 32.7. The van der Waals surface area contributed by atoms with Gasteiger partial charge >= 0.3 is 0 Å². The molecular weight excluding hydrogens is 522 g/mol. The van der Waals surface area contributed by atoms with Gasteiger partial charge < -0.3 is 15.2 Å². The third kappa shape index (κ3) is 6.29. The molecule has 1 aliphatic heterocycles. The van der Waals surface area contributed by atoms with Crippen LogP contribution in [0.1, 0.15) is 24.4 Å². The van der Waals surface area contributed by atoms with Gasteiger partial charge in [0, 0.05) is 30.5 Å². The number of hydrogen-bond acceptors (Lipinski definition) is 7. The number of ether oxygens (including phenoxy) is 1. The van der Waals surface area contributed by atoms with Gasteiger partial charge in [-0.2, -0.15) is 4.80 Å². The highest BCUT2D eigenvalue weighted by atomic mass is 19.1. The average Bonchev–Trinajstić information content (AvgIpc) is 3.64. The van der Waals surface area contributed by atoms with Crippen LogP contribution in [0.15, 0.2) is 72.8 Å². The molecular formula is C28H26F2N6O4. The number of phenolic OH excluding ortho intramolecular Hbond substituents is 1. The molecule has 0 saturated carbocycles. The van der Waals surface area contributed by atoms with Crippen LogP contribution in [0.25, 0.3) is 11.4 Å². The summed E-state index contributed by atoms with van der Waals surface area (Å²) >= 11 is 0. The van der Waals surface area contributed by atoms with E-state index in [2.05, 4.69) is 20.7 Å². The maximum absolute atomic E-state index is 13.8. The van der Waals surface area contributed by atoms with Crippen molar-refractivity contribution in [3.8, 4) is 17.1 Å². The first kappa shape index (κ1) is 26.9. The van der Waals surface area contributed by atoms with Crippen molar-refractivity contribution in [1.82, 2.24) is 25.5 Å². The SMILES string of the molecule is O=C(NC[C@H]1CCCO1)[C@H](c1ccc(F)cc1)N(C(=O)Cn1nnc(-c2ccc(F)cc2)n1)c1cccc(O)c1. The first-order chi connectivity index (χ1) is 19.4. The third-order valence-corrected chi connectivity index (χ3v) is 6.43. The Kier molecular flexibility index (Phi) is 8.06. The fourth-order valence-electron chi connectivity index (χ4n) is 4.48. The van der Waals surface area contributed by atoms with Crippen LogP contribution in [-0.4, -0.2) is 56.4 Å². The van der Waals surface area contributed by atoms with Gasteiger partial charge in [0.15, 0.2) is 0 Å². The zero-order chi connectivity index (χ0) is 28.1. The van der Waals surface area contributed by atoms with Gasteiger partial charge in [0.25, 0.3) is 5.91 Å². The van der Waals surface area contributed by atoms with Crippen LogP contribution in [0.3, 0.4) is 0 Å². The molecule has 206 valence electrons. The first-order valence-electron chi connectivity index (χ1n) is 12.7. The lowest BCUT2D eigenvalue weighted by Gasteiger charge is -2.31. The average molecular weight is 549 g/mol. The predicted molar refractivity (Wildman–Crippen MR) is 140 cm³/mol. The number of amides is 2. The molecule has 12 heteroatoms. The maximum Gasteiger partial charge on any atom is 0.251 e. The predicted octanol–water partition coefficient (Wildman–Crippen LogP) is 3.39. The Morgan fingerprint density at radius 3 is 2.48 bits per heavy atom. The van der Waals surface area contributed by atoms with E-state index >= 15 is 0 Å². The summed E-state index contributed by atoms with van der Waals surface area (Å²) in [5.41, 5.74) is 1.08. The number of aromatic hydroxyl groups is 1. The molecule has 0 radical (unpaired) electrons. The van der Waals surface area contributed by atoms with Crippen LogP contribution in [0.5, 0.6) is 5.75 Å². The summed E-state index contributed by atoms with van der Waals surface area (Å²) in [5.74, 6) is -1.98. The molecule has 0 unspecified atom stereocenters. The zero-order valence-electron chi connectivity index (χ0n) is 21.3. The van der Waals surface area contributed by atoms with E-state index in [-0.39, 0.29) is 29.9 Å². The number of nitrogens with one attached hydrogen (secondary N) is 1. The van der Waals surface area contributed by atoms with Crippen molar-refractivity contribution in [2.75, 3.05) is 18.1 Å². The van der Waals surface area contributed by atoms with Gasteiger partial charge in [-0.05, 0) is 72.1 Å². The summed E-state index contributed by atoms with van der Waals surface area (Å²) in [4.78, 5) is 29.8. The number of carbonyl (C=O) groups excluding carboxylic acids is 2. The molecule has 0 aliphatic carbocycles. The lowest BCUT2D eigenvalue weighted by atomic mass is 10.0. The van der Waals surface area contributed by atoms with E-state index in [4.69, 9.17) is 4.74 Å². The van der Waals surface area contributed by atoms with E-state index in [0.717, 1.165) is 17.6 Å². The molecule has 2 N–H and O–H groups in total. The van der Waals surface area contributed by atoms with Crippen LogP contribution < -0.4 is 10.2 Å². The molecule has 2 atom stereocenters. The summed E-state index contributed by atoms with van der Waals surface area (Å²) in [7, 11) is 0. The highest BCUT2D eigenvalue weighted by Crippen LogP contribution is 2.31. The maximum atomic E-state index is 13.8. The van der Waals surface area contributed by atoms with E-state index in [1.54, 1.807) is 6.07 Å². The molecule has 1 fully saturated rings. The summed E-state index contributed by atoms with van der Waals surface area (Å²) in [6.07, 6.45) is 1.54. The molecule has 1 aromatic heterocycles. The molecule has 1 saturated heterocycles. The van der Waals surface area contributed by atoms with Gasteiger partial charge in [-0.15, -0.1) is 10.2 Å². The van der Waals surface area contributed by atoms with Crippen molar-refractivity contribution in [3.05, 3.63) is 90.0 Å².